The van der Waals surface area contributed by atoms with Crippen LogP contribution in [0.4, 0.5) is 0 Å². The van der Waals surface area contributed by atoms with Crippen LogP contribution in [-0.4, -0.2) is 32.2 Å². The lowest BCUT2D eigenvalue weighted by Crippen LogP contribution is -2.16. The Bertz CT molecular complexity index is 95.5. The molecule has 64 valence electrons. The molecule has 0 aromatic carbocycles. The maximum Gasteiger partial charge on any atom is 0.0701 e. The SMILES string of the molecule is C1=CSSC1.C1COCCO1. The van der Waals surface area contributed by atoms with Crippen LogP contribution in [0.15, 0.2) is 11.5 Å². The summed E-state index contributed by atoms with van der Waals surface area (Å²) in [5, 5.41) is 2.12. The maximum absolute atomic E-state index is 4.94. The van der Waals surface area contributed by atoms with Crippen LogP contribution in [-0.2, 0) is 9.47 Å². The largest absolute Gasteiger partial charge is 0.377 e. The lowest BCUT2D eigenvalue weighted by molar-refractivity contribution is -0.0334. The Morgan fingerprint density at radius 2 is 1.64 bits per heavy atom. The fourth-order valence-corrected chi connectivity index (χ4v) is 2.21. The molecule has 0 atom stereocenters. The van der Waals surface area contributed by atoms with Gasteiger partial charge in [-0.1, -0.05) is 27.7 Å². The zero-order valence-corrected chi connectivity index (χ0v) is 7.96. The van der Waals surface area contributed by atoms with Crippen molar-refractivity contribution in [1.82, 2.24) is 0 Å². The van der Waals surface area contributed by atoms with Gasteiger partial charge in [-0.3, -0.25) is 0 Å². The van der Waals surface area contributed by atoms with Gasteiger partial charge in [-0.25, -0.2) is 0 Å². The van der Waals surface area contributed by atoms with Crippen molar-refractivity contribution < 1.29 is 9.47 Å². The molecular weight excluding hydrogens is 180 g/mol. The van der Waals surface area contributed by atoms with E-state index in [1.165, 1.54) is 5.75 Å². The monoisotopic (exact) mass is 192 g/mol. The first-order valence-electron chi connectivity index (χ1n) is 3.59. The number of ether oxygens (including phenoxy) is 2. The maximum atomic E-state index is 4.94. The van der Waals surface area contributed by atoms with Crippen LogP contribution in [0.2, 0.25) is 0 Å². The van der Waals surface area contributed by atoms with Gasteiger partial charge in [0.15, 0.2) is 0 Å². The molecule has 0 aliphatic carbocycles. The van der Waals surface area contributed by atoms with Crippen LogP contribution in [0.1, 0.15) is 0 Å². The molecule has 11 heavy (non-hydrogen) atoms. The molecule has 1 fully saturated rings. The molecule has 2 aliphatic heterocycles. The van der Waals surface area contributed by atoms with E-state index in [0.717, 1.165) is 26.4 Å². The van der Waals surface area contributed by atoms with Crippen LogP contribution in [0, 0.1) is 0 Å². The Labute approximate surface area is 75.1 Å². The molecule has 2 heterocycles. The molecule has 0 bridgehead atoms. The van der Waals surface area contributed by atoms with Crippen molar-refractivity contribution in [2.24, 2.45) is 0 Å². The molecule has 0 aromatic heterocycles. The van der Waals surface area contributed by atoms with Gasteiger partial charge in [0.2, 0.25) is 0 Å². The smallest absolute Gasteiger partial charge is 0.0701 e. The van der Waals surface area contributed by atoms with E-state index in [1.807, 2.05) is 21.6 Å². The molecule has 0 amide bonds. The van der Waals surface area contributed by atoms with Gasteiger partial charge in [0.1, 0.15) is 0 Å². The summed E-state index contributed by atoms with van der Waals surface area (Å²) in [6.07, 6.45) is 2.16. The average Bonchev–Trinajstić information content (AvgIpc) is 2.64. The van der Waals surface area contributed by atoms with Gasteiger partial charge in [-0.15, -0.1) is 0 Å². The third-order valence-electron chi connectivity index (χ3n) is 1.13. The van der Waals surface area contributed by atoms with Crippen LogP contribution < -0.4 is 0 Å². The molecule has 0 aromatic rings. The van der Waals surface area contributed by atoms with Crippen molar-refractivity contribution in [3.8, 4) is 0 Å². The topological polar surface area (TPSA) is 18.5 Å². The van der Waals surface area contributed by atoms with Crippen LogP contribution in [0.25, 0.3) is 0 Å². The summed E-state index contributed by atoms with van der Waals surface area (Å²) in [6.45, 7) is 3.11. The predicted octanol–water partition coefficient (Wildman–Crippen LogP) is 1.93. The van der Waals surface area contributed by atoms with Crippen molar-refractivity contribution in [3.63, 3.8) is 0 Å². The van der Waals surface area contributed by atoms with E-state index in [0.29, 0.717) is 0 Å². The third kappa shape index (κ3) is 5.61. The quantitative estimate of drug-likeness (QED) is 0.546. The molecule has 0 N–H and O–H groups in total. The highest BCUT2D eigenvalue weighted by Gasteiger charge is 1.94. The summed E-state index contributed by atoms with van der Waals surface area (Å²) in [5.74, 6) is 1.20. The standard InChI is InChI=1S/C4H8O2.C3H4S2/c1-2-6-4-3-5-1;1-2-4-5-3-1/h1-4H2;1-2H,3H2. The minimum atomic E-state index is 0.778. The van der Waals surface area contributed by atoms with E-state index in [2.05, 4.69) is 11.5 Å². The highest BCUT2D eigenvalue weighted by Crippen LogP contribution is 2.27. The molecule has 0 spiro atoms. The zero-order chi connectivity index (χ0) is 7.78. The summed E-state index contributed by atoms with van der Waals surface area (Å²) in [7, 11) is 3.69. The molecular formula is C7H12O2S2. The summed E-state index contributed by atoms with van der Waals surface area (Å²) < 4.78 is 9.89. The molecule has 2 nitrogen and oxygen atoms in total. The minimum Gasteiger partial charge on any atom is -0.377 e. The number of rotatable bonds is 0. The number of hydrogen-bond donors (Lipinski definition) is 0. The Kier molecular flexibility index (Phi) is 6.04. The Balaban J connectivity index is 0.000000112. The van der Waals surface area contributed by atoms with Crippen molar-refractivity contribution >= 4 is 21.6 Å². The Morgan fingerprint density at radius 3 is 1.82 bits per heavy atom. The fourth-order valence-electron chi connectivity index (χ4n) is 0.636. The van der Waals surface area contributed by atoms with Crippen molar-refractivity contribution in [3.05, 3.63) is 11.5 Å². The zero-order valence-electron chi connectivity index (χ0n) is 6.32. The molecule has 0 saturated carbocycles. The van der Waals surface area contributed by atoms with E-state index < -0.39 is 0 Å². The molecule has 2 aliphatic rings. The van der Waals surface area contributed by atoms with Crippen molar-refractivity contribution in [2.45, 2.75) is 0 Å². The molecule has 1 saturated heterocycles. The van der Waals surface area contributed by atoms with Crippen molar-refractivity contribution in [2.75, 3.05) is 32.2 Å². The fraction of sp³-hybridized carbons (Fsp3) is 0.714. The average molecular weight is 192 g/mol. The predicted molar refractivity (Wildman–Crippen MR) is 50.8 cm³/mol. The highest BCUT2D eigenvalue weighted by molar-refractivity contribution is 8.78. The van der Waals surface area contributed by atoms with E-state index in [1.54, 1.807) is 0 Å². The van der Waals surface area contributed by atoms with Crippen molar-refractivity contribution in [1.29, 1.82) is 0 Å². The Hall–Kier alpha value is 0.360. The Morgan fingerprint density at radius 1 is 1.00 bits per heavy atom. The van der Waals surface area contributed by atoms with Gasteiger partial charge in [0.25, 0.3) is 0 Å². The van der Waals surface area contributed by atoms with Gasteiger partial charge in [0.05, 0.1) is 26.4 Å². The van der Waals surface area contributed by atoms with E-state index in [4.69, 9.17) is 9.47 Å². The number of hydrogen-bond acceptors (Lipinski definition) is 4. The summed E-state index contributed by atoms with van der Waals surface area (Å²) >= 11 is 0. The van der Waals surface area contributed by atoms with E-state index in [9.17, 15) is 0 Å². The summed E-state index contributed by atoms with van der Waals surface area (Å²) in [5.41, 5.74) is 0. The van der Waals surface area contributed by atoms with Crippen LogP contribution in [0.5, 0.6) is 0 Å². The first-order chi connectivity index (χ1) is 5.50. The summed E-state index contributed by atoms with van der Waals surface area (Å²) in [4.78, 5) is 0. The lowest BCUT2D eigenvalue weighted by atomic mass is 10.6. The first-order valence-corrected chi connectivity index (χ1v) is 5.97. The first kappa shape index (κ1) is 9.45. The van der Waals surface area contributed by atoms with Gasteiger partial charge in [0, 0.05) is 5.75 Å². The second-order valence-corrected chi connectivity index (χ2v) is 4.30. The van der Waals surface area contributed by atoms with Gasteiger partial charge < -0.3 is 9.47 Å². The highest BCUT2D eigenvalue weighted by atomic mass is 33.1. The summed E-state index contributed by atoms with van der Waals surface area (Å²) in [6, 6.07) is 0. The van der Waals surface area contributed by atoms with E-state index >= 15 is 0 Å². The molecule has 0 radical (unpaired) electrons. The second-order valence-electron chi connectivity index (χ2n) is 1.98. The van der Waals surface area contributed by atoms with Crippen LogP contribution >= 0.6 is 21.6 Å². The second kappa shape index (κ2) is 7.03. The van der Waals surface area contributed by atoms with Gasteiger partial charge in [-0.2, -0.15) is 0 Å². The normalized spacial score (nSPS) is 22.5. The minimum absolute atomic E-state index is 0.778. The van der Waals surface area contributed by atoms with Gasteiger partial charge in [-0.05, 0) is 5.41 Å². The van der Waals surface area contributed by atoms with E-state index in [-0.39, 0.29) is 0 Å². The van der Waals surface area contributed by atoms with Crippen LogP contribution in [0.3, 0.4) is 0 Å². The third-order valence-corrected chi connectivity index (χ3v) is 3.05. The molecule has 0 unspecified atom stereocenters. The molecule has 4 heteroatoms. The lowest BCUT2D eigenvalue weighted by Gasteiger charge is -2.09. The molecule has 2 rings (SSSR count). The van der Waals surface area contributed by atoms with Gasteiger partial charge >= 0.3 is 0 Å².